The van der Waals surface area contributed by atoms with Crippen molar-refractivity contribution in [1.82, 2.24) is 4.90 Å². The molecule has 0 N–H and O–H groups in total. The third-order valence-electron chi connectivity index (χ3n) is 4.70. The SMILES string of the molecule is Cc1cc(=O)oc2c3c(c(Cl)cc12)OCN([C@@H]1CCS(=O)(=O)C1)C3. The van der Waals surface area contributed by atoms with Crippen molar-refractivity contribution in [1.29, 1.82) is 0 Å². The van der Waals surface area contributed by atoms with Crippen LogP contribution in [0.25, 0.3) is 11.0 Å². The number of hydrogen-bond acceptors (Lipinski definition) is 6. The van der Waals surface area contributed by atoms with Crippen LogP contribution in [0.2, 0.25) is 5.02 Å². The Morgan fingerprint density at radius 3 is 2.83 bits per heavy atom. The number of hydrogen-bond donors (Lipinski definition) is 0. The van der Waals surface area contributed by atoms with E-state index in [0.29, 0.717) is 34.9 Å². The molecule has 0 radical (unpaired) electrons. The number of ether oxygens (including phenoxy) is 1. The molecule has 8 heteroatoms. The van der Waals surface area contributed by atoms with E-state index in [9.17, 15) is 13.2 Å². The molecule has 1 fully saturated rings. The van der Waals surface area contributed by atoms with E-state index in [2.05, 4.69) is 0 Å². The average Bonchev–Trinajstić information content (AvgIpc) is 2.88. The number of rotatable bonds is 1. The minimum Gasteiger partial charge on any atom is -0.476 e. The van der Waals surface area contributed by atoms with Gasteiger partial charge >= 0.3 is 5.63 Å². The summed E-state index contributed by atoms with van der Waals surface area (Å²) in [4.78, 5) is 13.7. The molecule has 0 bridgehead atoms. The summed E-state index contributed by atoms with van der Waals surface area (Å²) in [5.74, 6) is 0.841. The van der Waals surface area contributed by atoms with Crippen molar-refractivity contribution in [2.45, 2.75) is 25.9 Å². The quantitative estimate of drug-likeness (QED) is 0.716. The second-order valence-corrected chi connectivity index (χ2v) is 9.00. The molecule has 1 aromatic heterocycles. The zero-order chi connectivity index (χ0) is 17.1. The number of benzene rings is 1. The van der Waals surface area contributed by atoms with Crippen LogP contribution in [-0.2, 0) is 16.4 Å². The summed E-state index contributed by atoms with van der Waals surface area (Å²) in [7, 11) is -2.98. The largest absolute Gasteiger partial charge is 0.476 e. The van der Waals surface area contributed by atoms with E-state index in [-0.39, 0.29) is 24.3 Å². The number of aryl methyl sites for hydroxylation is 1. The number of nitrogens with zero attached hydrogens (tertiary/aromatic N) is 1. The van der Waals surface area contributed by atoms with Crippen molar-refractivity contribution in [3.63, 3.8) is 0 Å². The van der Waals surface area contributed by atoms with Crippen LogP contribution in [0.1, 0.15) is 17.5 Å². The van der Waals surface area contributed by atoms with Crippen molar-refractivity contribution in [2.24, 2.45) is 0 Å². The fourth-order valence-corrected chi connectivity index (χ4v) is 5.49. The molecule has 128 valence electrons. The Kier molecular flexibility index (Phi) is 3.63. The van der Waals surface area contributed by atoms with Gasteiger partial charge in [-0.3, -0.25) is 4.90 Å². The highest BCUT2D eigenvalue weighted by Gasteiger charge is 2.35. The van der Waals surface area contributed by atoms with Gasteiger partial charge in [-0.15, -0.1) is 0 Å². The third kappa shape index (κ3) is 2.60. The lowest BCUT2D eigenvalue weighted by Gasteiger charge is -2.33. The van der Waals surface area contributed by atoms with Gasteiger partial charge in [-0.25, -0.2) is 13.2 Å². The highest BCUT2D eigenvalue weighted by molar-refractivity contribution is 7.91. The summed E-state index contributed by atoms with van der Waals surface area (Å²) >= 11 is 6.33. The van der Waals surface area contributed by atoms with Crippen molar-refractivity contribution in [2.75, 3.05) is 18.2 Å². The first-order valence-corrected chi connectivity index (χ1v) is 9.87. The minimum atomic E-state index is -2.98. The molecule has 2 aliphatic heterocycles. The predicted octanol–water partition coefficient (Wildman–Crippen LogP) is 2.09. The van der Waals surface area contributed by atoms with E-state index in [1.54, 1.807) is 6.07 Å². The molecule has 0 unspecified atom stereocenters. The molecule has 0 saturated carbocycles. The molecule has 0 spiro atoms. The van der Waals surface area contributed by atoms with Gasteiger partial charge < -0.3 is 9.15 Å². The van der Waals surface area contributed by atoms with Gasteiger partial charge in [-0.2, -0.15) is 0 Å². The van der Waals surface area contributed by atoms with Crippen LogP contribution >= 0.6 is 11.6 Å². The van der Waals surface area contributed by atoms with Gasteiger partial charge in [0.2, 0.25) is 0 Å². The van der Waals surface area contributed by atoms with E-state index < -0.39 is 15.5 Å². The van der Waals surface area contributed by atoms with E-state index in [0.717, 1.165) is 10.9 Å². The topological polar surface area (TPSA) is 76.8 Å². The summed E-state index contributed by atoms with van der Waals surface area (Å²) in [6.45, 7) is 2.54. The van der Waals surface area contributed by atoms with E-state index in [1.807, 2.05) is 11.8 Å². The second-order valence-electron chi connectivity index (χ2n) is 6.37. The van der Waals surface area contributed by atoms with Crippen LogP contribution in [0.15, 0.2) is 21.3 Å². The van der Waals surface area contributed by atoms with Gasteiger partial charge in [-0.05, 0) is 25.0 Å². The normalized spacial score (nSPS) is 23.2. The summed E-state index contributed by atoms with van der Waals surface area (Å²) in [6, 6.07) is 3.08. The zero-order valence-electron chi connectivity index (χ0n) is 13.0. The summed E-state index contributed by atoms with van der Waals surface area (Å²) < 4.78 is 34.7. The highest BCUT2D eigenvalue weighted by atomic mass is 35.5. The Hall–Kier alpha value is -1.57. The van der Waals surface area contributed by atoms with Gasteiger partial charge in [-0.1, -0.05) is 11.6 Å². The first-order chi connectivity index (χ1) is 11.3. The van der Waals surface area contributed by atoms with E-state index in [1.165, 1.54) is 6.07 Å². The standard InChI is InChI=1S/C16H16ClNO5S/c1-9-4-14(19)23-15-11(9)5-13(17)16-12(15)6-18(8-22-16)10-2-3-24(20,21)7-10/h4-5,10H,2-3,6-8H2,1H3/t10-/m1/s1. The lowest BCUT2D eigenvalue weighted by molar-refractivity contribution is 0.0649. The molecular weight excluding hydrogens is 354 g/mol. The van der Waals surface area contributed by atoms with Gasteiger partial charge in [0.05, 0.1) is 22.1 Å². The van der Waals surface area contributed by atoms with Gasteiger partial charge in [0, 0.05) is 24.0 Å². The molecule has 2 aliphatic rings. The minimum absolute atomic E-state index is 0.0892. The molecule has 0 amide bonds. The molecule has 1 atom stereocenters. The Balaban J connectivity index is 1.81. The highest BCUT2D eigenvalue weighted by Crippen LogP contribution is 2.40. The maximum Gasteiger partial charge on any atom is 0.336 e. The second kappa shape index (κ2) is 5.47. The van der Waals surface area contributed by atoms with Crippen LogP contribution < -0.4 is 10.4 Å². The molecule has 4 rings (SSSR count). The zero-order valence-corrected chi connectivity index (χ0v) is 14.6. The maximum atomic E-state index is 11.8. The van der Waals surface area contributed by atoms with Crippen LogP contribution in [-0.4, -0.2) is 37.6 Å². The van der Waals surface area contributed by atoms with E-state index >= 15 is 0 Å². The van der Waals surface area contributed by atoms with Crippen molar-refractivity contribution >= 4 is 32.4 Å². The predicted molar refractivity (Wildman–Crippen MR) is 90.3 cm³/mol. The Morgan fingerprint density at radius 1 is 1.33 bits per heavy atom. The van der Waals surface area contributed by atoms with Crippen LogP contribution in [0.3, 0.4) is 0 Å². The summed E-state index contributed by atoms with van der Waals surface area (Å²) in [6.07, 6.45) is 0.586. The van der Waals surface area contributed by atoms with E-state index in [4.69, 9.17) is 20.8 Å². The Labute approximate surface area is 143 Å². The molecule has 24 heavy (non-hydrogen) atoms. The van der Waals surface area contributed by atoms with Gasteiger partial charge in [0.1, 0.15) is 18.1 Å². The molecular formula is C16H16ClNO5S. The first-order valence-electron chi connectivity index (χ1n) is 7.67. The monoisotopic (exact) mass is 369 g/mol. The fraction of sp³-hybridized carbons (Fsp3) is 0.438. The molecule has 1 aromatic carbocycles. The lowest BCUT2D eigenvalue weighted by atomic mass is 10.0. The molecule has 2 aromatic rings. The van der Waals surface area contributed by atoms with Crippen LogP contribution in [0, 0.1) is 6.92 Å². The smallest absolute Gasteiger partial charge is 0.336 e. The fourth-order valence-electron chi connectivity index (χ4n) is 3.46. The van der Waals surface area contributed by atoms with Crippen molar-refractivity contribution in [3.05, 3.63) is 38.7 Å². The number of fused-ring (bicyclic) bond motifs is 3. The summed E-state index contributed by atoms with van der Waals surface area (Å²) in [5, 5.41) is 1.23. The van der Waals surface area contributed by atoms with Crippen LogP contribution in [0.4, 0.5) is 0 Å². The lowest BCUT2D eigenvalue weighted by Crippen LogP contribution is -2.41. The van der Waals surface area contributed by atoms with Crippen molar-refractivity contribution in [3.8, 4) is 5.75 Å². The maximum absolute atomic E-state index is 11.8. The Morgan fingerprint density at radius 2 is 2.12 bits per heavy atom. The molecule has 3 heterocycles. The molecule has 0 aliphatic carbocycles. The van der Waals surface area contributed by atoms with Gasteiger partial charge in [0.15, 0.2) is 9.84 Å². The Bertz CT molecular complexity index is 998. The average molecular weight is 370 g/mol. The molecule has 1 saturated heterocycles. The van der Waals surface area contributed by atoms with Gasteiger partial charge in [0.25, 0.3) is 0 Å². The number of sulfone groups is 1. The summed E-state index contributed by atoms with van der Waals surface area (Å²) in [5.41, 5.74) is 1.52. The molecule has 6 nitrogen and oxygen atoms in total. The third-order valence-corrected chi connectivity index (χ3v) is 6.73. The first kappa shape index (κ1) is 15.9. The van der Waals surface area contributed by atoms with Crippen LogP contribution in [0.5, 0.6) is 5.75 Å². The van der Waals surface area contributed by atoms with Crippen molar-refractivity contribution < 1.29 is 17.6 Å². The number of halogens is 1.